The summed E-state index contributed by atoms with van der Waals surface area (Å²) in [6.45, 7) is 4.09. The minimum atomic E-state index is -0.314. The molecule has 2 aromatic rings. The van der Waals surface area contributed by atoms with Gasteiger partial charge < -0.3 is 4.74 Å². The molecule has 0 N–H and O–H groups in total. The molecule has 0 unspecified atom stereocenters. The lowest BCUT2D eigenvalue weighted by Gasteiger charge is -2.27. The Hall–Kier alpha value is -1.48. The lowest BCUT2D eigenvalue weighted by molar-refractivity contribution is -0.111. The van der Waals surface area contributed by atoms with Crippen LogP contribution in [0.3, 0.4) is 0 Å². The summed E-state index contributed by atoms with van der Waals surface area (Å²) in [6, 6.07) is 12.1. The number of carbonyl (C=O) groups excluding carboxylic acids is 1. The van der Waals surface area contributed by atoms with Crippen molar-refractivity contribution in [2.45, 2.75) is 25.7 Å². The van der Waals surface area contributed by atoms with E-state index < -0.39 is 0 Å². The molecule has 0 aromatic heterocycles. The lowest BCUT2D eigenvalue weighted by atomic mass is 9.79. The topological polar surface area (TPSA) is 26.3 Å². The SMILES string of the molecule is COc1ccc2ccccc2c1C(C)(C)CC(=O)S. The standard InChI is InChI=1S/C16H18O2S/c1-16(2,10-14(17)19)15-12-7-5-4-6-11(12)8-9-13(15)18-3/h4-9H,10H2,1-3H3,(H,17,19). The molecule has 3 heteroatoms. The molecular formula is C16H18O2S. The third kappa shape index (κ3) is 2.76. The van der Waals surface area contributed by atoms with Crippen molar-refractivity contribution in [3.8, 4) is 5.75 Å². The number of hydrogen-bond acceptors (Lipinski definition) is 2. The molecule has 0 aliphatic carbocycles. The number of hydrogen-bond donors (Lipinski definition) is 1. The summed E-state index contributed by atoms with van der Waals surface area (Å²) in [6.07, 6.45) is 0.375. The van der Waals surface area contributed by atoms with Crippen LogP contribution in [0.5, 0.6) is 5.75 Å². The van der Waals surface area contributed by atoms with Gasteiger partial charge in [0.25, 0.3) is 0 Å². The zero-order chi connectivity index (χ0) is 14.0. The van der Waals surface area contributed by atoms with Gasteiger partial charge in [-0.25, -0.2) is 0 Å². The highest BCUT2D eigenvalue weighted by molar-refractivity contribution is 7.96. The van der Waals surface area contributed by atoms with E-state index in [2.05, 4.69) is 24.8 Å². The second kappa shape index (κ2) is 5.25. The number of benzene rings is 2. The van der Waals surface area contributed by atoms with Crippen molar-refractivity contribution in [2.75, 3.05) is 7.11 Å². The Morgan fingerprint density at radius 2 is 1.89 bits per heavy atom. The smallest absolute Gasteiger partial charge is 0.186 e. The van der Waals surface area contributed by atoms with E-state index in [0.717, 1.165) is 22.1 Å². The van der Waals surface area contributed by atoms with E-state index in [1.165, 1.54) is 0 Å². The molecule has 19 heavy (non-hydrogen) atoms. The van der Waals surface area contributed by atoms with Crippen molar-refractivity contribution in [1.29, 1.82) is 0 Å². The van der Waals surface area contributed by atoms with E-state index in [1.807, 2.05) is 38.1 Å². The molecule has 0 saturated heterocycles. The summed E-state index contributed by atoms with van der Waals surface area (Å²) in [5.74, 6) is 0.818. The van der Waals surface area contributed by atoms with Crippen LogP contribution in [0.4, 0.5) is 0 Å². The molecule has 0 fully saturated rings. The van der Waals surface area contributed by atoms with Crippen molar-refractivity contribution in [1.82, 2.24) is 0 Å². The summed E-state index contributed by atoms with van der Waals surface area (Å²) in [7, 11) is 1.66. The fraction of sp³-hybridized carbons (Fsp3) is 0.312. The molecule has 2 rings (SSSR count). The van der Waals surface area contributed by atoms with Gasteiger partial charge in [-0.3, -0.25) is 4.79 Å². The number of methoxy groups -OCH3 is 1. The molecule has 0 aliphatic rings. The van der Waals surface area contributed by atoms with E-state index in [-0.39, 0.29) is 10.5 Å². The second-order valence-corrected chi connectivity index (χ2v) is 5.82. The predicted octanol–water partition coefficient (Wildman–Crippen LogP) is 3.97. The van der Waals surface area contributed by atoms with Crippen LogP contribution in [0, 0.1) is 0 Å². The molecule has 0 bridgehead atoms. The molecule has 0 radical (unpaired) electrons. The fourth-order valence-corrected chi connectivity index (χ4v) is 2.98. The molecule has 0 aliphatic heterocycles. The highest BCUT2D eigenvalue weighted by atomic mass is 32.1. The predicted molar refractivity (Wildman–Crippen MR) is 82.1 cm³/mol. The molecule has 0 saturated carbocycles. The van der Waals surface area contributed by atoms with E-state index in [1.54, 1.807) is 7.11 Å². The molecule has 100 valence electrons. The van der Waals surface area contributed by atoms with E-state index in [0.29, 0.717) is 6.42 Å². The molecule has 0 spiro atoms. The van der Waals surface area contributed by atoms with Crippen molar-refractivity contribution in [2.24, 2.45) is 0 Å². The zero-order valence-electron chi connectivity index (χ0n) is 11.4. The van der Waals surface area contributed by atoms with Gasteiger partial charge in [0.15, 0.2) is 5.12 Å². The number of rotatable bonds is 4. The van der Waals surface area contributed by atoms with Crippen LogP contribution in [-0.2, 0) is 10.2 Å². The van der Waals surface area contributed by atoms with Gasteiger partial charge in [-0.15, -0.1) is 12.6 Å². The van der Waals surface area contributed by atoms with Gasteiger partial charge in [-0.1, -0.05) is 44.2 Å². The Kier molecular flexibility index (Phi) is 3.85. The number of thiol groups is 1. The highest BCUT2D eigenvalue weighted by Crippen LogP contribution is 2.39. The van der Waals surface area contributed by atoms with Crippen LogP contribution in [0.25, 0.3) is 10.8 Å². The van der Waals surface area contributed by atoms with Crippen LogP contribution < -0.4 is 4.74 Å². The first-order valence-electron chi connectivity index (χ1n) is 6.24. The molecule has 0 heterocycles. The maximum atomic E-state index is 11.4. The highest BCUT2D eigenvalue weighted by Gasteiger charge is 2.28. The summed E-state index contributed by atoms with van der Waals surface area (Å²) in [5, 5.41) is 2.17. The minimum Gasteiger partial charge on any atom is -0.496 e. The molecule has 0 atom stereocenters. The van der Waals surface area contributed by atoms with Crippen molar-refractivity contribution >= 4 is 28.5 Å². The summed E-state index contributed by atoms with van der Waals surface area (Å²) < 4.78 is 5.49. The quantitative estimate of drug-likeness (QED) is 0.854. The van der Waals surface area contributed by atoms with E-state index in [4.69, 9.17) is 4.74 Å². The summed E-state index contributed by atoms with van der Waals surface area (Å²) in [5.41, 5.74) is 0.751. The third-order valence-corrected chi connectivity index (χ3v) is 3.54. The fourth-order valence-electron chi connectivity index (χ4n) is 2.59. The third-order valence-electron chi connectivity index (χ3n) is 3.38. The largest absolute Gasteiger partial charge is 0.496 e. The monoisotopic (exact) mass is 274 g/mol. The van der Waals surface area contributed by atoms with Crippen LogP contribution >= 0.6 is 12.6 Å². The first-order chi connectivity index (χ1) is 8.95. The summed E-state index contributed by atoms with van der Waals surface area (Å²) in [4.78, 5) is 11.4. The van der Waals surface area contributed by atoms with Gasteiger partial charge in [-0.2, -0.15) is 0 Å². The Morgan fingerprint density at radius 1 is 1.21 bits per heavy atom. The zero-order valence-corrected chi connectivity index (χ0v) is 12.3. The van der Waals surface area contributed by atoms with Crippen LogP contribution in [0.15, 0.2) is 36.4 Å². The minimum absolute atomic E-state index is 0.111. The van der Waals surface area contributed by atoms with Gasteiger partial charge in [0.05, 0.1) is 7.11 Å². The molecule has 2 nitrogen and oxygen atoms in total. The Bertz CT molecular complexity index is 617. The van der Waals surface area contributed by atoms with Crippen molar-refractivity contribution in [3.63, 3.8) is 0 Å². The Balaban J connectivity index is 2.71. The normalized spacial score (nSPS) is 11.6. The van der Waals surface area contributed by atoms with Gasteiger partial charge >= 0.3 is 0 Å². The Labute approximate surface area is 119 Å². The van der Waals surface area contributed by atoms with Crippen LogP contribution in [0.2, 0.25) is 0 Å². The van der Waals surface area contributed by atoms with E-state index in [9.17, 15) is 4.79 Å². The second-order valence-electron chi connectivity index (χ2n) is 5.32. The molecular weight excluding hydrogens is 256 g/mol. The summed E-state index contributed by atoms with van der Waals surface area (Å²) >= 11 is 3.92. The number of fused-ring (bicyclic) bond motifs is 1. The number of carbonyl (C=O) groups is 1. The van der Waals surface area contributed by atoms with Crippen molar-refractivity contribution < 1.29 is 9.53 Å². The van der Waals surface area contributed by atoms with Gasteiger partial charge in [-0.05, 0) is 16.8 Å². The van der Waals surface area contributed by atoms with Crippen molar-refractivity contribution in [3.05, 3.63) is 42.0 Å². The van der Waals surface area contributed by atoms with Gasteiger partial charge in [0.2, 0.25) is 0 Å². The van der Waals surface area contributed by atoms with Crippen LogP contribution in [0.1, 0.15) is 25.8 Å². The van der Waals surface area contributed by atoms with Gasteiger partial charge in [0, 0.05) is 17.4 Å². The van der Waals surface area contributed by atoms with Crippen LogP contribution in [-0.4, -0.2) is 12.2 Å². The maximum Gasteiger partial charge on any atom is 0.186 e. The van der Waals surface area contributed by atoms with Gasteiger partial charge in [0.1, 0.15) is 5.75 Å². The number of ether oxygens (including phenoxy) is 1. The maximum absolute atomic E-state index is 11.4. The van der Waals surface area contributed by atoms with E-state index >= 15 is 0 Å². The lowest BCUT2D eigenvalue weighted by Crippen LogP contribution is -2.21. The first-order valence-corrected chi connectivity index (χ1v) is 6.68. The Morgan fingerprint density at radius 3 is 2.53 bits per heavy atom. The molecule has 2 aromatic carbocycles. The average molecular weight is 274 g/mol. The molecule has 0 amide bonds. The first kappa shape index (κ1) is 13.9. The average Bonchev–Trinajstić information content (AvgIpc) is 2.35.